The van der Waals surface area contributed by atoms with Gasteiger partial charge >= 0.3 is 0 Å². The lowest BCUT2D eigenvalue weighted by atomic mass is 10.1. The molecule has 1 aromatic heterocycles. The number of likely N-dealkylation sites (tertiary alicyclic amines) is 1. The van der Waals surface area contributed by atoms with Crippen LogP contribution in [-0.2, 0) is 0 Å². The molecule has 2 rings (SSSR count). The van der Waals surface area contributed by atoms with Crippen molar-refractivity contribution >= 4 is 17.2 Å². The first kappa shape index (κ1) is 11.6. The molecule has 0 saturated carbocycles. The van der Waals surface area contributed by atoms with Crippen molar-refractivity contribution in [3.8, 4) is 0 Å². The van der Waals surface area contributed by atoms with Crippen LogP contribution in [0.25, 0.3) is 0 Å². The summed E-state index contributed by atoms with van der Waals surface area (Å²) in [6, 6.07) is 3.95. The zero-order valence-electron chi connectivity index (χ0n) is 9.82. The standard InChI is InChI=1S/C12H18N2OS/c1-9-3-4-11(16-9)12(15)14-6-5-10(8-14)7-13-2/h3-4,10,13H,5-8H2,1-2H3. The number of rotatable bonds is 3. The molecular weight excluding hydrogens is 220 g/mol. The minimum atomic E-state index is 0.205. The Balaban J connectivity index is 1.97. The van der Waals surface area contributed by atoms with Crippen LogP contribution in [0.1, 0.15) is 21.0 Å². The zero-order chi connectivity index (χ0) is 11.5. The Kier molecular flexibility index (Phi) is 3.61. The molecule has 1 aromatic rings. The first-order valence-corrected chi connectivity index (χ1v) is 6.52. The normalized spacial score (nSPS) is 20.4. The second-order valence-corrected chi connectivity index (χ2v) is 5.66. The van der Waals surface area contributed by atoms with Crippen LogP contribution in [0.15, 0.2) is 12.1 Å². The average molecular weight is 238 g/mol. The molecule has 1 saturated heterocycles. The summed E-state index contributed by atoms with van der Waals surface area (Å²) in [6.07, 6.45) is 1.12. The van der Waals surface area contributed by atoms with E-state index in [1.54, 1.807) is 11.3 Å². The van der Waals surface area contributed by atoms with Gasteiger partial charge in [-0.1, -0.05) is 0 Å². The van der Waals surface area contributed by atoms with Gasteiger partial charge in [-0.25, -0.2) is 0 Å². The monoisotopic (exact) mass is 238 g/mol. The van der Waals surface area contributed by atoms with Gasteiger partial charge in [0.1, 0.15) is 0 Å². The van der Waals surface area contributed by atoms with Crippen LogP contribution in [0.3, 0.4) is 0 Å². The molecule has 1 unspecified atom stereocenters. The van der Waals surface area contributed by atoms with Crippen LogP contribution in [0, 0.1) is 12.8 Å². The van der Waals surface area contributed by atoms with Crippen molar-refractivity contribution in [3.63, 3.8) is 0 Å². The summed E-state index contributed by atoms with van der Waals surface area (Å²) in [5.74, 6) is 0.826. The van der Waals surface area contributed by atoms with Gasteiger partial charge in [0.05, 0.1) is 4.88 Å². The number of nitrogens with one attached hydrogen (secondary N) is 1. The minimum Gasteiger partial charge on any atom is -0.338 e. The molecule has 0 bridgehead atoms. The summed E-state index contributed by atoms with van der Waals surface area (Å²) in [4.78, 5) is 16.2. The van der Waals surface area contributed by atoms with Gasteiger partial charge in [-0.3, -0.25) is 4.79 Å². The van der Waals surface area contributed by atoms with Crippen LogP contribution in [0.2, 0.25) is 0 Å². The van der Waals surface area contributed by atoms with Crippen LogP contribution >= 0.6 is 11.3 Å². The Morgan fingerprint density at radius 3 is 3.06 bits per heavy atom. The molecule has 1 atom stereocenters. The summed E-state index contributed by atoms with van der Waals surface area (Å²) in [5.41, 5.74) is 0. The Hall–Kier alpha value is -0.870. The van der Waals surface area contributed by atoms with Crippen molar-refractivity contribution in [2.75, 3.05) is 26.7 Å². The number of nitrogens with zero attached hydrogens (tertiary/aromatic N) is 1. The predicted octanol–water partition coefficient (Wildman–Crippen LogP) is 1.74. The van der Waals surface area contributed by atoms with Crippen molar-refractivity contribution in [2.45, 2.75) is 13.3 Å². The zero-order valence-corrected chi connectivity index (χ0v) is 10.6. The summed E-state index contributed by atoms with van der Waals surface area (Å²) in [6.45, 7) is 4.85. The molecule has 0 aromatic carbocycles. The SMILES string of the molecule is CNCC1CCN(C(=O)c2ccc(C)s2)C1. The highest BCUT2D eigenvalue weighted by atomic mass is 32.1. The van der Waals surface area contributed by atoms with E-state index >= 15 is 0 Å². The van der Waals surface area contributed by atoms with E-state index < -0.39 is 0 Å². The fraction of sp³-hybridized carbons (Fsp3) is 0.583. The van der Waals surface area contributed by atoms with Gasteiger partial charge in [-0.15, -0.1) is 11.3 Å². The highest BCUT2D eigenvalue weighted by Crippen LogP contribution is 2.22. The number of aryl methyl sites for hydroxylation is 1. The Morgan fingerprint density at radius 2 is 2.44 bits per heavy atom. The topological polar surface area (TPSA) is 32.3 Å². The van der Waals surface area contributed by atoms with Crippen molar-refractivity contribution in [3.05, 3.63) is 21.9 Å². The predicted molar refractivity (Wildman–Crippen MR) is 67.0 cm³/mol. The fourth-order valence-corrected chi connectivity index (χ4v) is 3.01. The third-order valence-corrected chi connectivity index (χ3v) is 4.01. The largest absolute Gasteiger partial charge is 0.338 e. The first-order valence-electron chi connectivity index (χ1n) is 5.71. The number of carbonyl (C=O) groups excluding carboxylic acids is 1. The van der Waals surface area contributed by atoms with Crippen LogP contribution in [0.5, 0.6) is 0 Å². The second kappa shape index (κ2) is 4.97. The Bertz CT molecular complexity index is 375. The van der Waals surface area contributed by atoms with Crippen LogP contribution in [0.4, 0.5) is 0 Å². The molecule has 1 aliphatic rings. The van der Waals surface area contributed by atoms with Gasteiger partial charge in [-0.2, -0.15) is 0 Å². The fourth-order valence-electron chi connectivity index (χ4n) is 2.18. The third-order valence-electron chi connectivity index (χ3n) is 3.02. The van der Waals surface area contributed by atoms with E-state index in [1.807, 2.05) is 31.0 Å². The molecule has 1 aliphatic heterocycles. The lowest BCUT2D eigenvalue weighted by molar-refractivity contribution is 0.0792. The van der Waals surface area contributed by atoms with Crippen LogP contribution < -0.4 is 5.32 Å². The Morgan fingerprint density at radius 1 is 1.62 bits per heavy atom. The maximum atomic E-state index is 12.1. The van der Waals surface area contributed by atoms with E-state index in [0.29, 0.717) is 5.92 Å². The molecule has 0 radical (unpaired) electrons. The molecule has 4 heteroatoms. The maximum absolute atomic E-state index is 12.1. The first-order chi connectivity index (χ1) is 7.70. The lowest BCUT2D eigenvalue weighted by Crippen LogP contribution is -2.29. The van der Waals surface area contributed by atoms with Gasteiger partial charge in [0.2, 0.25) is 0 Å². The van der Waals surface area contributed by atoms with E-state index in [0.717, 1.165) is 30.9 Å². The van der Waals surface area contributed by atoms with E-state index in [1.165, 1.54) is 4.88 Å². The molecule has 88 valence electrons. The third kappa shape index (κ3) is 2.44. The van der Waals surface area contributed by atoms with Crippen molar-refractivity contribution in [1.29, 1.82) is 0 Å². The molecule has 16 heavy (non-hydrogen) atoms. The van der Waals surface area contributed by atoms with Gasteiger partial charge in [-0.05, 0) is 45.0 Å². The molecular formula is C12H18N2OS. The van der Waals surface area contributed by atoms with Gasteiger partial charge < -0.3 is 10.2 Å². The molecule has 0 aliphatic carbocycles. The molecule has 3 nitrogen and oxygen atoms in total. The highest BCUT2D eigenvalue weighted by molar-refractivity contribution is 7.13. The average Bonchev–Trinajstić information content (AvgIpc) is 2.87. The maximum Gasteiger partial charge on any atom is 0.263 e. The summed E-state index contributed by atoms with van der Waals surface area (Å²) >= 11 is 1.59. The molecule has 1 N–H and O–H groups in total. The van der Waals surface area contributed by atoms with Gasteiger partial charge in [0.15, 0.2) is 0 Å². The quantitative estimate of drug-likeness (QED) is 0.870. The smallest absolute Gasteiger partial charge is 0.263 e. The number of hydrogen-bond donors (Lipinski definition) is 1. The number of hydrogen-bond acceptors (Lipinski definition) is 3. The number of carbonyl (C=O) groups is 1. The number of amides is 1. The highest BCUT2D eigenvalue weighted by Gasteiger charge is 2.26. The molecule has 1 fully saturated rings. The van der Waals surface area contributed by atoms with Crippen LogP contribution in [-0.4, -0.2) is 37.5 Å². The van der Waals surface area contributed by atoms with Crippen molar-refractivity contribution in [2.24, 2.45) is 5.92 Å². The summed E-state index contributed by atoms with van der Waals surface area (Å²) < 4.78 is 0. The molecule has 1 amide bonds. The van der Waals surface area contributed by atoms with Crippen molar-refractivity contribution in [1.82, 2.24) is 10.2 Å². The molecule has 0 spiro atoms. The van der Waals surface area contributed by atoms with E-state index in [-0.39, 0.29) is 5.91 Å². The minimum absolute atomic E-state index is 0.205. The van der Waals surface area contributed by atoms with E-state index in [4.69, 9.17) is 0 Å². The van der Waals surface area contributed by atoms with Gasteiger partial charge in [0, 0.05) is 18.0 Å². The van der Waals surface area contributed by atoms with Gasteiger partial charge in [0.25, 0.3) is 5.91 Å². The second-order valence-electron chi connectivity index (χ2n) is 4.37. The lowest BCUT2D eigenvalue weighted by Gasteiger charge is -2.15. The Labute approximate surface area is 100 Å². The summed E-state index contributed by atoms with van der Waals surface area (Å²) in [7, 11) is 1.97. The number of thiophene rings is 1. The summed E-state index contributed by atoms with van der Waals surface area (Å²) in [5, 5.41) is 3.18. The van der Waals surface area contributed by atoms with Crippen molar-refractivity contribution < 1.29 is 4.79 Å². The van der Waals surface area contributed by atoms with E-state index in [9.17, 15) is 4.79 Å². The molecule has 2 heterocycles. The van der Waals surface area contributed by atoms with E-state index in [2.05, 4.69) is 5.32 Å².